The zero-order valence-electron chi connectivity index (χ0n) is 14.3. The number of rotatable bonds is 3. The molecule has 0 aliphatic carbocycles. The van der Waals surface area contributed by atoms with Gasteiger partial charge in [0.15, 0.2) is 5.75 Å². The van der Waals surface area contributed by atoms with Crippen LogP contribution >= 0.6 is 0 Å². The van der Waals surface area contributed by atoms with Crippen molar-refractivity contribution in [2.75, 3.05) is 6.61 Å². The van der Waals surface area contributed by atoms with Gasteiger partial charge in [0, 0.05) is 11.1 Å². The van der Waals surface area contributed by atoms with Crippen LogP contribution in [0.5, 0.6) is 11.5 Å². The van der Waals surface area contributed by atoms with Crippen molar-refractivity contribution in [1.82, 2.24) is 0 Å². The van der Waals surface area contributed by atoms with Gasteiger partial charge in [-0.25, -0.2) is 9.79 Å². The first-order valence-corrected chi connectivity index (χ1v) is 8.49. The summed E-state index contributed by atoms with van der Waals surface area (Å²) >= 11 is 0. The Labute approximate surface area is 151 Å². The molecule has 1 aliphatic rings. The number of benzene rings is 3. The van der Waals surface area contributed by atoms with E-state index in [1.165, 1.54) is 0 Å². The number of carbonyl (C=O) groups excluding carboxylic acids is 1. The quantitative estimate of drug-likeness (QED) is 0.484. The average molecular weight is 343 g/mol. The zero-order chi connectivity index (χ0) is 17.9. The lowest BCUT2D eigenvalue weighted by molar-refractivity contribution is 0.0526. The molecule has 128 valence electrons. The second kappa shape index (κ2) is 6.84. The minimum Gasteiger partial charge on any atom is -0.462 e. The third-order valence-electron chi connectivity index (χ3n) is 4.13. The van der Waals surface area contributed by atoms with Crippen molar-refractivity contribution >= 4 is 17.4 Å². The predicted molar refractivity (Wildman–Crippen MR) is 101 cm³/mol. The Bertz CT molecular complexity index is 990. The largest absolute Gasteiger partial charge is 0.462 e. The highest BCUT2D eigenvalue weighted by Crippen LogP contribution is 2.38. The minimum atomic E-state index is -0.323. The molecule has 26 heavy (non-hydrogen) atoms. The van der Waals surface area contributed by atoms with Crippen molar-refractivity contribution in [2.24, 2.45) is 4.99 Å². The lowest BCUT2D eigenvalue weighted by Gasteiger charge is -2.10. The SMILES string of the molecule is CCOC(=O)c1ccc(C2=Nc3ccccc3Oc3ccccc32)cc1. The smallest absolute Gasteiger partial charge is 0.338 e. The van der Waals surface area contributed by atoms with Crippen LogP contribution in [0.3, 0.4) is 0 Å². The van der Waals surface area contributed by atoms with E-state index in [-0.39, 0.29) is 5.97 Å². The molecule has 0 saturated carbocycles. The van der Waals surface area contributed by atoms with Gasteiger partial charge in [0.05, 0.1) is 17.9 Å². The van der Waals surface area contributed by atoms with Crippen molar-refractivity contribution in [3.05, 3.63) is 89.5 Å². The molecule has 1 heterocycles. The van der Waals surface area contributed by atoms with Crippen LogP contribution in [0.2, 0.25) is 0 Å². The number of carbonyl (C=O) groups is 1. The Morgan fingerprint density at radius 2 is 1.62 bits per heavy atom. The predicted octanol–water partition coefficient (Wildman–Crippen LogP) is 5.14. The Morgan fingerprint density at radius 1 is 0.923 bits per heavy atom. The fourth-order valence-electron chi connectivity index (χ4n) is 2.88. The lowest BCUT2D eigenvalue weighted by Crippen LogP contribution is -2.07. The van der Waals surface area contributed by atoms with Crippen molar-refractivity contribution in [2.45, 2.75) is 6.92 Å². The van der Waals surface area contributed by atoms with Crippen LogP contribution in [0.1, 0.15) is 28.4 Å². The van der Waals surface area contributed by atoms with Gasteiger partial charge in [-0.3, -0.25) is 0 Å². The van der Waals surface area contributed by atoms with Gasteiger partial charge in [0.25, 0.3) is 0 Å². The van der Waals surface area contributed by atoms with Gasteiger partial charge in [-0.15, -0.1) is 0 Å². The molecule has 3 aromatic rings. The Kier molecular flexibility index (Phi) is 4.23. The fourth-order valence-corrected chi connectivity index (χ4v) is 2.88. The van der Waals surface area contributed by atoms with E-state index in [4.69, 9.17) is 14.5 Å². The molecule has 3 aromatic carbocycles. The average Bonchev–Trinajstić information content (AvgIpc) is 2.85. The number of fused-ring (bicyclic) bond motifs is 2. The highest BCUT2D eigenvalue weighted by Gasteiger charge is 2.19. The number of ether oxygens (including phenoxy) is 2. The third kappa shape index (κ3) is 2.97. The van der Waals surface area contributed by atoms with Gasteiger partial charge in [0.1, 0.15) is 11.4 Å². The summed E-state index contributed by atoms with van der Waals surface area (Å²) < 4.78 is 11.1. The number of aliphatic imine (C=N–C) groups is 1. The molecule has 0 atom stereocenters. The van der Waals surface area contributed by atoms with Crippen LogP contribution < -0.4 is 4.74 Å². The normalized spacial score (nSPS) is 12.1. The highest BCUT2D eigenvalue weighted by atomic mass is 16.5. The summed E-state index contributed by atoms with van der Waals surface area (Å²) in [5.74, 6) is 1.15. The van der Waals surface area contributed by atoms with Gasteiger partial charge >= 0.3 is 5.97 Å². The van der Waals surface area contributed by atoms with Crippen LogP contribution in [-0.2, 0) is 4.74 Å². The highest BCUT2D eigenvalue weighted by molar-refractivity contribution is 6.16. The standard InChI is InChI=1S/C22H17NO3/c1-2-25-22(24)16-13-11-15(12-14-16)21-17-7-3-5-9-19(17)26-20-10-6-4-8-18(20)23-21/h3-14H,2H2,1H3. The van der Waals surface area contributed by atoms with Gasteiger partial charge in [-0.05, 0) is 43.3 Å². The molecule has 0 aromatic heterocycles. The second-order valence-electron chi connectivity index (χ2n) is 5.82. The summed E-state index contributed by atoms with van der Waals surface area (Å²) in [6, 6.07) is 22.8. The van der Waals surface area contributed by atoms with Gasteiger partial charge in [-0.2, -0.15) is 0 Å². The molecule has 0 spiro atoms. The summed E-state index contributed by atoms with van der Waals surface area (Å²) in [5.41, 5.74) is 3.92. The molecular weight excluding hydrogens is 326 g/mol. The van der Waals surface area contributed by atoms with Crippen LogP contribution in [0.15, 0.2) is 77.8 Å². The maximum atomic E-state index is 11.9. The minimum absolute atomic E-state index is 0.323. The Morgan fingerprint density at radius 3 is 2.38 bits per heavy atom. The Hall–Kier alpha value is -3.40. The molecule has 0 fully saturated rings. The number of nitrogens with zero attached hydrogens (tertiary/aromatic N) is 1. The van der Waals surface area contributed by atoms with Crippen LogP contribution in [0.25, 0.3) is 0 Å². The maximum Gasteiger partial charge on any atom is 0.338 e. The molecule has 1 aliphatic heterocycles. The fraction of sp³-hybridized carbons (Fsp3) is 0.0909. The molecule has 0 amide bonds. The first-order chi connectivity index (χ1) is 12.8. The number of hydrogen-bond acceptors (Lipinski definition) is 4. The molecule has 0 bridgehead atoms. The van der Waals surface area contributed by atoms with Crippen LogP contribution in [-0.4, -0.2) is 18.3 Å². The first-order valence-electron chi connectivity index (χ1n) is 8.49. The van der Waals surface area contributed by atoms with E-state index in [1.54, 1.807) is 19.1 Å². The van der Waals surface area contributed by atoms with E-state index in [2.05, 4.69) is 0 Å². The Balaban J connectivity index is 1.81. The summed E-state index contributed by atoms with van der Waals surface area (Å²) in [6.07, 6.45) is 0. The topological polar surface area (TPSA) is 47.9 Å². The zero-order valence-corrected chi connectivity index (χ0v) is 14.3. The maximum absolute atomic E-state index is 11.9. The molecule has 0 saturated heterocycles. The molecule has 0 radical (unpaired) electrons. The van der Waals surface area contributed by atoms with Crippen LogP contribution in [0.4, 0.5) is 5.69 Å². The van der Waals surface area contributed by atoms with Gasteiger partial charge < -0.3 is 9.47 Å². The summed E-state index contributed by atoms with van der Waals surface area (Å²) in [5, 5.41) is 0. The molecule has 0 N–H and O–H groups in total. The molecule has 4 nitrogen and oxygen atoms in total. The van der Waals surface area contributed by atoms with Crippen molar-refractivity contribution in [3.63, 3.8) is 0 Å². The summed E-state index contributed by atoms with van der Waals surface area (Å²) in [4.78, 5) is 16.7. The van der Waals surface area contributed by atoms with E-state index in [9.17, 15) is 4.79 Å². The van der Waals surface area contributed by atoms with Crippen molar-refractivity contribution in [1.29, 1.82) is 0 Å². The lowest BCUT2D eigenvalue weighted by atomic mass is 10.00. The molecule has 4 rings (SSSR count). The molecule has 0 unspecified atom stereocenters. The van der Waals surface area contributed by atoms with Crippen LogP contribution in [0, 0.1) is 0 Å². The molecular formula is C22H17NO3. The molecule has 4 heteroatoms. The van der Waals surface area contributed by atoms with E-state index in [0.29, 0.717) is 12.2 Å². The van der Waals surface area contributed by atoms with E-state index in [1.807, 2.05) is 60.7 Å². The van der Waals surface area contributed by atoms with E-state index in [0.717, 1.165) is 34.0 Å². The summed E-state index contributed by atoms with van der Waals surface area (Å²) in [7, 11) is 0. The first kappa shape index (κ1) is 16.1. The number of hydrogen-bond donors (Lipinski definition) is 0. The van der Waals surface area contributed by atoms with Crippen molar-refractivity contribution in [3.8, 4) is 11.5 Å². The number of esters is 1. The van der Waals surface area contributed by atoms with E-state index < -0.39 is 0 Å². The van der Waals surface area contributed by atoms with E-state index >= 15 is 0 Å². The third-order valence-corrected chi connectivity index (χ3v) is 4.13. The van der Waals surface area contributed by atoms with Gasteiger partial charge in [-0.1, -0.05) is 36.4 Å². The van der Waals surface area contributed by atoms with Gasteiger partial charge in [0.2, 0.25) is 0 Å². The monoisotopic (exact) mass is 343 g/mol. The summed E-state index contributed by atoms with van der Waals surface area (Å²) in [6.45, 7) is 2.15. The number of para-hydroxylation sites is 3. The second-order valence-corrected chi connectivity index (χ2v) is 5.82. The van der Waals surface area contributed by atoms with Crippen molar-refractivity contribution < 1.29 is 14.3 Å².